The summed E-state index contributed by atoms with van der Waals surface area (Å²) in [4.78, 5) is 33.1. The summed E-state index contributed by atoms with van der Waals surface area (Å²) in [5.41, 5.74) is 30.5. The smallest absolute Gasteiger partial charge is 0.269 e. The van der Waals surface area contributed by atoms with Gasteiger partial charge >= 0.3 is 0 Å². The number of thiol groups is 1. The van der Waals surface area contributed by atoms with Crippen LogP contribution in [0.25, 0.3) is 0 Å². The average molecular weight is 1060 g/mol. The molecule has 0 unspecified atom stereocenters. The van der Waals surface area contributed by atoms with Gasteiger partial charge in [0.1, 0.15) is 0 Å². The molecule has 0 aliphatic rings. The molecule has 8 aromatic rings. The van der Waals surface area contributed by atoms with Gasteiger partial charge in [0, 0.05) is 84.5 Å². The number of anilines is 5. The third kappa shape index (κ3) is 17.7. The number of hydrogen-bond acceptors (Lipinski definition) is 17. The van der Waals surface area contributed by atoms with E-state index in [9.17, 15) is 47.2 Å². The molecule has 366 valence electrons. The third-order valence-corrected chi connectivity index (χ3v) is 14.2. The van der Waals surface area contributed by atoms with E-state index < -0.39 is 34.4 Å². The van der Waals surface area contributed by atoms with Gasteiger partial charge in [-0.25, -0.2) is 16.8 Å². The van der Waals surface area contributed by atoms with Crippen molar-refractivity contribution in [1.82, 2.24) is 0 Å². The fourth-order valence-electron chi connectivity index (χ4n) is 5.31. The molecule has 0 fully saturated rings. The van der Waals surface area contributed by atoms with Crippen molar-refractivity contribution < 1.29 is 31.6 Å². The van der Waals surface area contributed by atoms with Crippen molar-refractivity contribution in [3.8, 4) is 0 Å². The topological polar surface area (TPSA) is 328 Å². The predicted molar refractivity (Wildman–Crippen MR) is 281 cm³/mol. The number of benzene rings is 8. The number of nitrogens with two attached hydrogens (primary N) is 5. The number of halogens is 1. The van der Waals surface area contributed by atoms with E-state index in [1.165, 1.54) is 109 Å². The minimum Gasteiger partial charge on any atom is -0.399 e. The number of rotatable bonds is 9. The van der Waals surface area contributed by atoms with Crippen LogP contribution in [-0.4, -0.2) is 31.6 Å². The van der Waals surface area contributed by atoms with Crippen LogP contribution < -0.4 is 28.7 Å². The minimum atomic E-state index is -3.68. The van der Waals surface area contributed by atoms with Gasteiger partial charge in [-0.2, -0.15) is 0 Å². The number of nitrogen functional groups attached to an aromatic ring is 5. The number of sulfone groups is 2. The van der Waals surface area contributed by atoms with Crippen molar-refractivity contribution in [3.63, 3.8) is 0 Å². The van der Waals surface area contributed by atoms with Crippen LogP contribution in [0.4, 0.5) is 45.5 Å². The minimum absolute atomic E-state index is 0.00266. The fourth-order valence-corrected chi connectivity index (χ4v) is 8.92. The van der Waals surface area contributed by atoms with E-state index in [0.29, 0.717) is 22.1 Å². The first-order chi connectivity index (χ1) is 33.5. The van der Waals surface area contributed by atoms with Crippen LogP contribution in [0.1, 0.15) is 0 Å². The van der Waals surface area contributed by atoms with Crippen molar-refractivity contribution in [2.45, 2.75) is 34.3 Å². The van der Waals surface area contributed by atoms with E-state index in [1.807, 2.05) is 48.5 Å². The highest BCUT2D eigenvalue weighted by atomic mass is 35.5. The standard InChI is InChI=1S/C12H10N2O4S.C12H12N2O2S.C12H10N2O2S.C6H4ClNO2.C6H7NS/c13-9-1-5-11(6-2-9)19(17,18)12-7-3-10(4-8-12)14(15)16;13-9-1-5-11(6-2-9)17(15,16)12-7-3-10(14)4-8-12;13-9-1-5-11(6-2-9)17-12-7-3-10(4-8-12)14(15)16;7-5-1-3-6(4-2-5)8(9)10;7-5-1-3-6(8)4-2-5/h1-8H,13H2;1-8H,13-14H2;1-8H,13H2;1-4H;1-4,8H,7H2. The first kappa shape index (κ1) is 55.4. The summed E-state index contributed by atoms with van der Waals surface area (Å²) in [5.74, 6) is 0. The third-order valence-electron chi connectivity index (χ3n) is 9.02. The summed E-state index contributed by atoms with van der Waals surface area (Å²) in [5, 5.41) is 31.6. The molecule has 0 bridgehead atoms. The molecule has 23 heteroatoms. The summed E-state index contributed by atoms with van der Waals surface area (Å²) < 4.78 is 48.8. The van der Waals surface area contributed by atoms with Gasteiger partial charge in [-0.1, -0.05) is 23.4 Å². The zero-order valence-electron chi connectivity index (χ0n) is 36.8. The highest BCUT2D eigenvalue weighted by molar-refractivity contribution is 7.99. The molecule has 0 radical (unpaired) electrons. The summed E-state index contributed by atoms with van der Waals surface area (Å²) in [6.07, 6.45) is 0. The maximum Gasteiger partial charge on any atom is 0.269 e. The summed E-state index contributed by atoms with van der Waals surface area (Å²) >= 11 is 11.1. The summed E-state index contributed by atoms with van der Waals surface area (Å²) in [7, 11) is -7.16. The van der Waals surface area contributed by atoms with Gasteiger partial charge in [0.2, 0.25) is 19.7 Å². The molecule has 0 atom stereocenters. The van der Waals surface area contributed by atoms with Gasteiger partial charge in [0.15, 0.2) is 0 Å². The predicted octanol–water partition coefficient (Wildman–Crippen LogP) is 10.8. The zero-order valence-corrected chi connectivity index (χ0v) is 40.9. The Kier molecular flexibility index (Phi) is 20.3. The Morgan fingerprint density at radius 2 is 0.577 bits per heavy atom. The molecule has 0 aliphatic heterocycles. The summed E-state index contributed by atoms with van der Waals surface area (Å²) in [6, 6.07) is 49.7. The quantitative estimate of drug-likeness (QED) is 0.0339. The fraction of sp³-hybridized carbons (Fsp3) is 0. The van der Waals surface area contributed by atoms with E-state index in [4.69, 9.17) is 40.3 Å². The second-order valence-electron chi connectivity index (χ2n) is 14.2. The average Bonchev–Trinajstić information content (AvgIpc) is 3.35. The summed E-state index contributed by atoms with van der Waals surface area (Å²) in [6.45, 7) is 0. The number of non-ortho nitro benzene ring substituents is 3. The lowest BCUT2D eigenvalue weighted by Crippen LogP contribution is -2.02. The van der Waals surface area contributed by atoms with Gasteiger partial charge in [0.05, 0.1) is 34.4 Å². The van der Waals surface area contributed by atoms with Gasteiger partial charge in [0.25, 0.3) is 17.1 Å². The lowest BCUT2D eigenvalue weighted by Gasteiger charge is -2.05. The normalized spacial score (nSPS) is 10.5. The molecule has 0 amide bonds. The molecule has 8 rings (SSSR count). The first-order valence-corrected chi connectivity index (χ1v) is 24.7. The second kappa shape index (κ2) is 26.0. The molecule has 0 saturated heterocycles. The van der Waals surface area contributed by atoms with Crippen LogP contribution in [0, 0.1) is 30.3 Å². The van der Waals surface area contributed by atoms with E-state index >= 15 is 0 Å². The van der Waals surface area contributed by atoms with Crippen LogP contribution in [0.5, 0.6) is 0 Å². The largest absolute Gasteiger partial charge is 0.399 e. The van der Waals surface area contributed by atoms with Crippen molar-refractivity contribution in [3.05, 3.63) is 229 Å². The van der Waals surface area contributed by atoms with E-state index in [2.05, 4.69) is 12.6 Å². The first-order valence-electron chi connectivity index (χ1n) is 20.1. The molecule has 0 saturated carbocycles. The highest BCUT2D eigenvalue weighted by Crippen LogP contribution is 2.30. The Hall–Kier alpha value is -8.15. The number of nitrogens with zero attached hydrogens (tertiary/aromatic N) is 3. The van der Waals surface area contributed by atoms with E-state index in [0.717, 1.165) is 38.2 Å². The SMILES string of the molecule is Nc1ccc(S(=O)(=O)c2ccc(N)cc2)cc1.Nc1ccc(S(=O)(=O)c2ccc([N+](=O)[O-])cc2)cc1.Nc1ccc(S)cc1.Nc1ccc(Sc2ccc([N+](=O)[O-])cc2)cc1.O=[N+]([O-])c1ccc(Cl)cc1. The zero-order chi connectivity index (χ0) is 52.3. The Morgan fingerprint density at radius 3 is 0.845 bits per heavy atom. The van der Waals surface area contributed by atoms with Crippen molar-refractivity contribution in [2.24, 2.45) is 0 Å². The molecular formula is C48H43ClN8O10S4. The number of nitro benzene ring substituents is 3. The maximum absolute atomic E-state index is 12.2. The van der Waals surface area contributed by atoms with Crippen molar-refractivity contribution in [1.29, 1.82) is 0 Å². The second-order valence-corrected chi connectivity index (χ2v) is 20.2. The molecule has 0 spiro atoms. The van der Waals surface area contributed by atoms with Crippen LogP contribution in [0.3, 0.4) is 0 Å². The molecule has 10 N–H and O–H groups in total. The van der Waals surface area contributed by atoms with Gasteiger partial charge in [-0.05, 0) is 158 Å². The van der Waals surface area contributed by atoms with Gasteiger partial charge in [-0.3, -0.25) is 30.3 Å². The molecular weight excluding hydrogens is 1010 g/mol. The van der Waals surface area contributed by atoms with Crippen LogP contribution >= 0.6 is 36.0 Å². The molecule has 71 heavy (non-hydrogen) atoms. The van der Waals surface area contributed by atoms with E-state index in [-0.39, 0.29) is 36.6 Å². The maximum atomic E-state index is 12.2. The molecule has 8 aromatic carbocycles. The lowest BCUT2D eigenvalue weighted by atomic mass is 10.3. The monoisotopic (exact) mass is 1050 g/mol. The van der Waals surface area contributed by atoms with E-state index in [1.54, 1.807) is 36.4 Å². The molecule has 0 aromatic heterocycles. The van der Waals surface area contributed by atoms with Crippen molar-refractivity contribution in [2.75, 3.05) is 28.7 Å². The number of hydrogen-bond donors (Lipinski definition) is 6. The Morgan fingerprint density at radius 1 is 0.366 bits per heavy atom. The molecule has 0 aliphatic carbocycles. The highest BCUT2D eigenvalue weighted by Gasteiger charge is 2.19. The molecule has 18 nitrogen and oxygen atoms in total. The van der Waals surface area contributed by atoms with Crippen LogP contribution in [0.15, 0.2) is 228 Å². The Labute approximate surface area is 422 Å². The van der Waals surface area contributed by atoms with Crippen LogP contribution in [0.2, 0.25) is 5.02 Å². The molecule has 0 heterocycles. The van der Waals surface area contributed by atoms with Crippen LogP contribution in [-0.2, 0) is 19.7 Å². The van der Waals surface area contributed by atoms with Crippen molar-refractivity contribution >= 4 is 101 Å². The Balaban J connectivity index is 0.000000199. The number of nitro groups is 3. The van der Waals surface area contributed by atoms with Gasteiger partial charge in [-0.15, -0.1) is 12.6 Å². The van der Waals surface area contributed by atoms with Gasteiger partial charge < -0.3 is 28.7 Å². The lowest BCUT2D eigenvalue weighted by molar-refractivity contribution is -0.385. The Bertz CT molecular complexity index is 3180.